The van der Waals surface area contributed by atoms with Gasteiger partial charge in [-0.1, -0.05) is 74.2 Å². The average molecular weight is 786 g/mol. The van der Waals surface area contributed by atoms with Gasteiger partial charge in [0.25, 0.3) is 0 Å². The van der Waals surface area contributed by atoms with Crippen molar-refractivity contribution in [2.24, 2.45) is 5.41 Å². The van der Waals surface area contributed by atoms with Crippen LogP contribution in [-0.2, 0) is 31.3 Å². The maximum atomic E-state index is 10.0. The van der Waals surface area contributed by atoms with Crippen LogP contribution >= 0.6 is 11.3 Å². The molecule has 0 spiro atoms. The predicted octanol–water partition coefficient (Wildman–Crippen LogP) is 10.7. The van der Waals surface area contributed by atoms with Gasteiger partial charge in [0.2, 0.25) is 0 Å². The van der Waals surface area contributed by atoms with E-state index in [1.165, 1.54) is 83.8 Å². The van der Waals surface area contributed by atoms with Crippen molar-refractivity contribution in [1.29, 1.82) is 0 Å². The summed E-state index contributed by atoms with van der Waals surface area (Å²) in [5, 5.41) is 16.3. The minimum Gasteiger partial charge on any atom is -0.512 e. The number of nitrogens with zero attached hydrogens (tertiary/aromatic N) is 2. The molecule has 0 aliphatic carbocycles. The molecule has 0 saturated heterocycles. The number of para-hydroxylation sites is 1. The van der Waals surface area contributed by atoms with Gasteiger partial charge in [0, 0.05) is 74.2 Å². The summed E-state index contributed by atoms with van der Waals surface area (Å²) in [7, 11) is 0. The summed E-state index contributed by atoms with van der Waals surface area (Å²) >= 11 is 1.91. The number of carbonyl (C=O) groups excluding carboxylic acids is 1. The van der Waals surface area contributed by atoms with Crippen LogP contribution in [0.25, 0.3) is 69.5 Å². The maximum absolute atomic E-state index is 10.0. The smallest absolute Gasteiger partial charge is 0.155 e. The molecule has 0 aliphatic heterocycles. The maximum Gasteiger partial charge on any atom is 0.155 e. The third-order valence-electron chi connectivity index (χ3n) is 7.99. The van der Waals surface area contributed by atoms with Crippen LogP contribution in [0.3, 0.4) is 0 Å². The van der Waals surface area contributed by atoms with E-state index in [2.05, 4.69) is 110 Å². The van der Waals surface area contributed by atoms with Gasteiger partial charge < -0.3 is 14.5 Å². The number of benzene rings is 4. The van der Waals surface area contributed by atoms with E-state index in [9.17, 15) is 4.79 Å². The number of rotatable bonds is 3. The topological polar surface area (TPSA) is 54.6 Å². The molecule has 0 amide bonds. The molecule has 227 valence electrons. The van der Waals surface area contributed by atoms with Gasteiger partial charge in [-0.2, -0.15) is 0 Å². The molecule has 6 heteroatoms. The quantitative estimate of drug-likeness (QED) is 0.110. The summed E-state index contributed by atoms with van der Waals surface area (Å²) in [5.74, 6) is -0.0625. The van der Waals surface area contributed by atoms with Gasteiger partial charge in [0.1, 0.15) is 0 Å². The summed E-state index contributed by atoms with van der Waals surface area (Å²) in [6.45, 7) is 9.69. The molecule has 8 rings (SSSR count). The second-order valence-corrected chi connectivity index (χ2v) is 13.9. The average Bonchev–Trinajstić information content (AvgIpc) is 3.62. The number of thiophene rings is 1. The van der Waals surface area contributed by atoms with E-state index < -0.39 is 0 Å². The van der Waals surface area contributed by atoms with Gasteiger partial charge in [0.05, 0.1) is 11.3 Å². The van der Waals surface area contributed by atoms with E-state index in [-0.39, 0.29) is 37.1 Å². The van der Waals surface area contributed by atoms with Crippen molar-refractivity contribution in [3.8, 4) is 11.3 Å². The molecule has 8 aromatic rings. The van der Waals surface area contributed by atoms with Crippen LogP contribution in [0.15, 0.2) is 96.9 Å². The number of fused-ring (bicyclic) bond motifs is 10. The van der Waals surface area contributed by atoms with Gasteiger partial charge >= 0.3 is 0 Å². The number of carbonyl (C=O) groups is 1. The zero-order valence-electron chi connectivity index (χ0n) is 25.9. The van der Waals surface area contributed by atoms with Crippen molar-refractivity contribution in [2.75, 3.05) is 0 Å². The first-order valence-electron chi connectivity index (χ1n) is 14.9. The van der Waals surface area contributed by atoms with Crippen LogP contribution < -0.4 is 0 Å². The van der Waals surface area contributed by atoms with Gasteiger partial charge in [-0.15, -0.1) is 35.1 Å². The van der Waals surface area contributed by atoms with Crippen molar-refractivity contribution >= 4 is 75.4 Å². The number of aliphatic hydroxyl groups is 1. The van der Waals surface area contributed by atoms with Crippen molar-refractivity contribution in [3.63, 3.8) is 0 Å². The van der Waals surface area contributed by atoms with Crippen molar-refractivity contribution < 1.29 is 30.0 Å². The molecule has 0 bridgehead atoms. The fourth-order valence-corrected chi connectivity index (χ4v) is 7.70. The van der Waals surface area contributed by atoms with Crippen LogP contribution in [0.4, 0.5) is 0 Å². The molecule has 4 aromatic heterocycles. The fraction of sp³-hybridized carbons (Fsp3) is 0.179. The van der Waals surface area contributed by atoms with Gasteiger partial charge in [0.15, 0.2) is 5.78 Å². The first kappa shape index (κ1) is 30.9. The van der Waals surface area contributed by atoms with Crippen molar-refractivity contribution in [3.05, 3.63) is 109 Å². The minimum atomic E-state index is -0.125. The fourth-order valence-electron chi connectivity index (χ4n) is 6.46. The van der Waals surface area contributed by atoms with E-state index in [4.69, 9.17) is 10.1 Å². The molecule has 0 aliphatic rings. The summed E-state index contributed by atoms with van der Waals surface area (Å²) < 4.78 is 5.15. The number of pyridine rings is 1. The van der Waals surface area contributed by atoms with Crippen molar-refractivity contribution in [1.82, 2.24) is 9.38 Å². The number of hydrogen-bond acceptors (Lipinski definition) is 4. The molecule has 4 aromatic carbocycles. The largest absolute Gasteiger partial charge is 0.512 e. The molecule has 1 N–H and O–H groups in total. The summed E-state index contributed by atoms with van der Waals surface area (Å²) in [6.07, 6.45) is 4.13. The number of aromatic nitrogens is 2. The Morgan fingerprint density at radius 3 is 2.36 bits per heavy atom. The van der Waals surface area contributed by atoms with Crippen LogP contribution in [0.1, 0.15) is 40.2 Å². The van der Waals surface area contributed by atoms with Crippen LogP contribution in [0.5, 0.6) is 0 Å². The zero-order chi connectivity index (χ0) is 30.7. The zero-order valence-corrected chi connectivity index (χ0v) is 29.1. The van der Waals surface area contributed by atoms with Crippen LogP contribution in [0.2, 0.25) is 0 Å². The molecular formula is C39H33IrN2O2S-. The summed E-state index contributed by atoms with van der Waals surface area (Å²) in [4.78, 5) is 14.8. The van der Waals surface area contributed by atoms with Crippen molar-refractivity contribution in [2.45, 2.75) is 41.0 Å². The second kappa shape index (κ2) is 11.7. The first-order valence-corrected chi connectivity index (χ1v) is 15.7. The molecular weight excluding hydrogens is 753 g/mol. The number of ketones is 1. The Morgan fingerprint density at radius 1 is 0.911 bits per heavy atom. The molecule has 1 radical (unpaired) electrons. The standard InChI is InChI=1S/C34H25N2S.C5H8O2.Ir/c1-34(2,3)19-20-14-15-35-27(16-20)21-12-13-29-26(17-21)31-32-24(22-8-4-6-10-28(22)36(29)32)18-25-23-9-5-7-11-30(23)37-33(25)31;1-4(6)3-5(2)7;/h4-11,13-18H,19H2,1-3H3;3,6H,1-2H3;/q-1;;/b;4-3-;. The third kappa shape index (κ3) is 5.52. The van der Waals surface area contributed by atoms with E-state index in [1.807, 2.05) is 17.5 Å². The molecule has 45 heavy (non-hydrogen) atoms. The molecule has 0 atom stereocenters. The second-order valence-electron chi connectivity index (χ2n) is 12.8. The van der Waals surface area contributed by atoms with E-state index in [0.29, 0.717) is 0 Å². The molecule has 4 nitrogen and oxygen atoms in total. The first-order chi connectivity index (χ1) is 21.1. The Morgan fingerprint density at radius 2 is 1.64 bits per heavy atom. The summed E-state index contributed by atoms with van der Waals surface area (Å²) in [6, 6.07) is 32.5. The Kier molecular flexibility index (Phi) is 8.03. The molecule has 4 heterocycles. The van der Waals surface area contributed by atoms with Gasteiger partial charge in [-0.25, -0.2) is 0 Å². The minimum absolute atomic E-state index is 0. The number of hydrogen-bond donors (Lipinski definition) is 1. The Labute approximate surface area is 279 Å². The summed E-state index contributed by atoms with van der Waals surface area (Å²) in [5.41, 5.74) is 7.37. The van der Waals surface area contributed by atoms with E-state index >= 15 is 0 Å². The SMILES string of the molecule is CC(=O)/C=C(/C)O.CC(C)(C)Cc1ccnc(-c2[c-]cc3c(c2)c2c4sc5ccccc5c4cc4c5ccccc5n3c42)c1.[Ir]. The Balaban J connectivity index is 0.000000404. The molecule has 0 saturated carbocycles. The van der Waals surface area contributed by atoms with Crippen LogP contribution in [-0.4, -0.2) is 20.3 Å². The Bertz CT molecular complexity index is 2400. The van der Waals surface area contributed by atoms with Gasteiger partial charge in [-0.05, 0) is 61.2 Å². The van der Waals surface area contributed by atoms with E-state index in [0.717, 1.165) is 17.7 Å². The number of aliphatic hydroxyl groups excluding tert-OH is 1. The predicted molar refractivity (Wildman–Crippen MR) is 186 cm³/mol. The monoisotopic (exact) mass is 786 g/mol. The molecule has 0 unspecified atom stereocenters. The van der Waals surface area contributed by atoms with Crippen LogP contribution in [0, 0.1) is 11.5 Å². The van der Waals surface area contributed by atoms with Gasteiger partial charge in [-0.3, -0.25) is 4.79 Å². The molecule has 0 fully saturated rings. The number of allylic oxidation sites excluding steroid dienone is 2. The van der Waals surface area contributed by atoms with E-state index in [1.54, 1.807) is 0 Å². The Hall–Kier alpha value is -4.09. The third-order valence-corrected chi connectivity index (χ3v) is 9.19. The normalized spacial score (nSPS) is 12.3.